The van der Waals surface area contributed by atoms with Crippen molar-refractivity contribution < 1.29 is 4.79 Å². The molecular formula is C8H12ClN3O. The van der Waals surface area contributed by atoms with Gasteiger partial charge in [0.2, 0.25) is 5.91 Å². The van der Waals surface area contributed by atoms with Crippen molar-refractivity contribution in [2.45, 2.75) is 19.4 Å². The first kappa shape index (κ1) is 10.1. The van der Waals surface area contributed by atoms with Crippen LogP contribution in [0.2, 0.25) is 0 Å². The number of carbonyl (C=O) groups excluding carboxylic acids is 1. The maximum absolute atomic E-state index is 11.1. The van der Waals surface area contributed by atoms with Gasteiger partial charge < -0.3 is 10.3 Å². The van der Waals surface area contributed by atoms with Crippen molar-refractivity contribution in [1.82, 2.24) is 15.3 Å². The fourth-order valence-electron chi connectivity index (χ4n) is 0.982. The molecule has 72 valence electrons. The Hall–Kier alpha value is -1.03. The van der Waals surface area contributed by atoms with Gasteiger partial charge in [-0.3, -0.25) is 4.79 Å². The van der Waals surface area contributed by atoms with Gasteiger partial charge in [-0.15, -0.1) is 11.6 Å². The molecule has 1 heterocycles. The van der Waals surface area contributed by atoms with Crippen molar-refractivity contribution >= 4 is 17.5 Å². The third kappa shape index (κ3) is 3.06. The smallest absolute Gasteiger partial charge is 0.221 e. The van der Waals surface area contributed by atoms with Gasteiger partial charge in [0.15, 0.2) is 0 Å². The number of aromatic amines is 1. The van der Waals surface area contributed by atoms with E-state index in [0.717, 1.165) is 5.82 Å². The largest absolute Gasteiger partial charge is 0.347 e. The predicted octanol–water partition coefficient (Wildman–Crippen LogP) is 1.22. The van der Waals surface area contributed by atoms with Crippen LogP contribution in [0.5, 0.6) is 0 Å². The highest BCUT2D eigenvalue weighted by atomic mass is 35.5. The monoisotopic (exact) mass is 201 g/mol. The van der Waals surface area contributed by atoms with Crippen molar-refractivity contribution in [1.29, 1.82) is 0 Å². The van der Waals surface area contributed by atoms with Crippen molar-refractivity contribution in [2.75, 3.05) is 5.88 Å². The molecular weight excluding hydrogens is 190 g/mol. The van der Waals surface area contributed by atoms with E-state index in [1.165, 1.54) is 0 Å². The van der Waals surface area contributed by atoms with Crippen LogP contribution in [0, 0.1) is 0 Å². The molecule has 0 bridgehead atoms. The quantitative estimate of drug-likeness (QED) is 0.720. The van der Waals surface area contributed by atoms with Crippen molar-refractivity contribution in [3.8, 4) is 0 Å². The van der Waals surface area contributed by atoms with E-state index in [1.807, 2.05) is 6.92 Å². The standard InChI is InChI=1S/C8H12ClN3O/c1-6(8-10-4-5-11-8)12-7(13)2-3-9/h4-6H,2-3H2,1H3,(H,10,11)(H,12,13). The number of alkyl halides is 1. The van der Waals surface area contributed by atoms with Crippen LogP contribution in [-0.4, -0.2) is 21.8 Å². The average Bonchev–Trinajstić information content (AvgIpc) is 2.55. The molecule has 0 aliphatic carbocycles. The molecule has 1 aromatic rings. The van der Waals surface area contributed by atoms with Crippen LogP contribution in [0.4, 0.5) is 0 Å². The molecule has 0 spiro atoms. The molecule has 4 nitrogen and oxygen atoms in total. The van der Waals surface area contributed by atoms with Crippen LogP contribution >= 0.6 is 11.6 Å². The van der Waals surface area contributed by atoms with Crippen LogP contribution in [0.25, 0.3) is 0 Å². The van der Waals surface area contributed by atoms with E-state index in [1.54, 1.807) is 12.4 Å². The molecule has 5 heteroatoms. The van der Waals surface area contributed by atoms with E-state index in [9.17, 15) is 4.79 Å². The fourth-order valence-corrected chi connectivity index (χ4v) is 1.15. The zero-order chi connectivity index (χ0) is 9.68. The third-order valence-corrected chi connectivity index (χ3v) is 1.82. The highest BCUT2D eigenvalue weighted by Gasteiger charge is 2.09. The lowest BCUT2D eigenvalue weighted by Crippen LogP contribution is -2.27. The first-order chi connectivity index (χ1) is 6.24. The number of halogens is 1. The number of carbonyl (C=O) groups is 1. The second-order valence-corrected chi connectivity index (χ2v) is 3.08. The topological polar surface area (TPSA) is 57.8 Å². The Balaban J connectivity index is 2.42. The maximum Gasteiger partial charge on any atom is 0.221 e. The zero-order valence-corrected chi connectivity index (χ0v) is 8.14. The first-order valence-electron chi connectivity index (χ1n) is 4.08. The minimum absolute atomic E-state index is 0.0566. The highest BCUT2D eigenvalue weighted by Crippen LogP contribution is 2.05. The average molecular weight is 202 g/mol. The highest BCUT2D eigenvalue weighted by molar-refractivity contribution is 6.18. The summed E-state index contributed by atoms with van der Waals surface area (Å²) in [4.78, 5) is 18.1. The Bertz CT molecular complexity index is 260. The van der Waals surface area contributed by atoms with Crippen LogP contribution in [0.3, 0.4) is 0 Å². The molecule has 0 fully saturated rings. The number of aromatic nitrogens is 2. The predicted molar refractivity (Wildman–Crippen MR) is 50.5 cm³/mol. The second kappa shape index (κ2) is 4.87. The number of nitrogens with one attached hydrogen (secondary N) is 2. The lowest BCUT2D eigenvalue weighted by molar-refractivity contribution is -0.121. The van der Waals surface area contributed by atoms with Gasteiger partial charge in [-0.2, -0.15) is 0 Å². The summed E-state index contributed by atoms with van der Waals surface area (Å²) in [6.07, 6.45) is 3.71. The molecule has 0 aliphatic heterocycles. The molecule has 1 aromatic heterocycles. The zero-order valence-electron chi connectivity index (χ0n) is 7.38. The summed E-state index contributed by atoms with van der Waals surface area (Å²) in [5, 5.41) is 2.77. The maximum atomic E-state index is 11.1. The van der Waals surface area contributed by atoms with Crippen molar-refractivity contribution in [2.24, 2.45) is 0 Å². The summed E-state index contributed by atoms with van der Waals surface area (Å²) in [5.41, 5.74) is 0. The van der Waals surface area contributed by atoms with Gasteiger partial charge in [0.1, 0.15) is 5.82 Å². The number of nitrogens with zero attached hydrogens (tertiary/aromatic N) is 1. The van der Waals surface area contributed by atoms with Crippen LogP contribution in [0.15, 0.2) is 12.4 Å². The van der Waals surface area contributed by atoms with Gasteiger partial charge in [0.25, 0.3) is 0 Å². The molecule has 0 saturated carbocycles. The van der Waals surface area contributed by atoms with Gasteiger partial charge in [-0.25, -0.2) is 4.98 Å². The van der Waals surface area contributed by atoms with E-state index in [4.69, 9.17) is 11.6 Å². The lowest BCUT2D eigenvalue weighted by Gasteiger charge is -2.10. The third-order valence-electron chi connectivity index (χ3n) is 1.63. The Morgan fingerprint density at radius 2 is 2.62 bits per heavy atom. The number of imidazole rings is 1. The summed E-state index contributed by atoms with van der Waals surface area (Å²) in [5.74, 6) is 1.04. The van der Waals surface area contributed by atoms with Gasteiger partial charge in [0.05, 0.1) is 6.04 Å². The lowest BCUT2D eigenvalue weighted by atomic mass is 10.3. The van der Waals surface area contributed by atoms with Crippen LogP contribution in [-0.2, 0) is 4.79 Å². The van der Waals surface area contributed by atoms with E-state index in [2.05, 4.69) is 15.3 Å². The minimum atomic E-state index is -0.0919. The van der Waals surface area contributed by atoms with Crippen LogP contribution < -0.4 is 5.32 Å². The number of amides is 1. The first-order valence-corrected chi connectivity index (χ1v) is 4.62. The molecule has 1 unspecified atom stereocenters. The number of H-pyrrole nitrogens is 1. The molecule has 1 atom stereocenters. The Morgan fingerprint density at radius 1 is 1.85 bits per heavy atom. The van der Waals surface area contributed by atoms with Gasteiger partial charge in [-0.1, -0.05) is 0 Å². The summed E-state index contributed by atoms with van der Waals surface area (Å²) in [6, 6.07) is -0.0919. The number of rotatable bonds is 4. The summed E-state index contributed by atoms with van der Waals surface area (Å²) in [7, 11) is 0. The normalized spacial score (nSPS) is 12.5. The number of hydrogen-bond acceptors (Lipinski definition) is 2. The molecule has 0 saturated heterocycles. The molecule has 2 N–H and O–H groups in total. The fraction of sp³-hybridized carbons (Fsp3) is 0.500. The second-order valence-electron chi connectivity index (χ2n) is 2.70. The van der Waals surface area contributed by atoms with Crippen molar-refractivity contribution in [3.63, 3.8) is 0 Å². The summed E-state index contributed by atoms with van der Waals surface area (Å²) < 4.78 is 0. The number of hydrogen-bond donors (Lipinski definition) is 2. The summed E-state index contributed by atoms with van der Waals surface area (Å²) >= 11 is 5.42. The molecule has 0 aromatic carbocycles. The Kier molecular flexibility index (Phi) is 3.76. The summed E-state index contributed by atoms with van der Waals surface area (Å²) in [6.45, 7) is 1.87. The minimum Gasteiger partial charge on any atom is -0.347 e. The molecule has 1 rings (SSSR count). The Morgan fingerprint density at radius 3 is 3.15 bits per heavy atom. The van der Waals surface area contributed by atoms with Gasteiger partial charge >= 0.3 is 0 Å². The molecule has 0 radical (unpaired) electrons. The van der Waals surface area contributed by atoms with Crippen LogP contribution in [0.1, 0.15) is 25.2 Å². The van der Waals surface area contributed by atoms with Crippen molar-refractivity contribution in [3.05, 3.63) is 18.2 Å². The SMILES string of the molecule is CC(NC(=O)CCCl)c1ncc[nH]1. The van der Waals surface area contributed by atoms with E-state index >= 15 is 0 Å². The molecule has 1 amide bonds. The van der Waals surface area contributed by atoms with E-state index in [-0.39, 0.29) is 11.9 Å². The Labute approximate surface area is 81.7 Å². The van der Waals surface area contributed by atoms with Gasteiger partial charge in [-0.05, 0) is 6.92 Å². The van der Waals surface area contributed by atoms with E-state index < -0.39 is 0 Å². The van der Waals surface area contributed by atoms with E-state index in [0.29, 0.717) is 12.3 Å². The van der Waals surface area contributed by atoms with Gasteiger partial charge in [0, 0.05) is 24.7 Å². The molecule has 0 aliphatic rings. The molecule has 13 heavy (non-hydrogen) atoms.